The minimum absolute atomic E-state index is 0.282. The van der Waals surface area contributed by atoms with Crippen LogP contribution in [0.4, 0.5) is 0 Å². The van der Waals surface area contributed by atoms with Crippen molar-refractivity contribution in [2.75, 3.05) is 12.4 Å². The summed E-state index contributed by atoms with van der Waals surface area (Å²) >= 11 is 3.40. The molecule has 26 heavy (non-hydrogen) atoms. The molecule has 0 amide bonds. The van der Waals surface area contributed by atoms with E-state index in [1.54, 1.807) is 18.1 Å². The van der Waals surface area contributed by atoms with Crippen LogP contribution in [-0.4, -0.2) is 33.5 Å². The highest BCUT2D eigenvalue weighted by molar-refractivity contribution is 7.99. The first kappa shape index (κ1) is 17.8. The fourth-order valence-electron chi connectivity index (χ4n) is 3.29. The Morgan fingerprint density at radius 1 is 1.31 bits per heavy atom. The summed E-state index contributed by atoms with van der Waals surface area (Å²) < 4.78 is 5.64. The lowest BCUT2D eigenvalue weighted by Crippen LogP contribution is -2.20. The number of aryl methyl sites for hydroxylation is 1. The normalized spacial score (nSPS) is 17.8. The fourth-order valence-corrected chi connectivity index (χ4v) is 5.64. The summed E-state index contributed by atoms with van der Waals surface area (Å²) in [5, 5.41) is 12.5. The van der Waals surface area contributed by atoms with E-state index in [-0.39, 0.29) is 6.61 Å². The van der Waals surface area contributed by atoms with Crippen LogP contribution in [0.5, 0.6) is 5.75 Å². The Balaban J connectivity index is 1.44. The number of benzene rings is 1. The number of rotatable bonds is 6. The van der Waals surface area contributed by atoms with Gasteiger partial charge in [-0.3, -0.25) is 0 Å². The van der Waals surface area contributed by atoms with Crippen molar-refractivity contribution in [1.29, 1.82) is 0 Å². The molecule has 0 fully saturated rings. The van der Waals surface area contributed by atoms with Gasteiger partial charge < -0.3 is 9.84 Å². The van der Waals surface area contributed by atoms with Gasteiger partial charge in [0.1, 0.15) is 28.5 Å². The SMILES string of the molecule is C[C@H]1CCc2c(sc3ncnc(SC[C@H](O)COc4ccccc4)c23)C1. The van der Waals surface area contributed by atoms with Crippen molar-refractivity contribution in [3.8, 4) is 5.75 Å². The zero-order valence-electron chi connectivity index (χ0n) is 14.7. The topological polar surface area (TPSA) is 55.2 Å². The van der Waals surface area contributed by atoms with Gasteiger partial charge in [0.25, 0.3) is 0 Å². The van der Waals surface area contributed by atoms with Crippen molar-refractivity contribution in [3.63, 3.8) is 0 Å². The third-order valence-corrected chi connectivity index (χ3v) is 6.95. The number of aliphatic hydroxyl groups is 1. The Bertz CT molecular complexity index is 882. The summed E-state index contributed by atoms with van der Waals surface area (Å²) in [5.41, 5.74) is 1.43. The van der Waals surface area contributed by atoms with E-state index in [0.717, 1.165) is 34.4 Å². The van der Waals surface area contributed by atoms with E-state index in [0.29, 0.717) is 5.75 Å². The van der Waals surface area contributed by atoms with Crippen LogP contribution in [0, 0.1) is 5.92 Å². The Morgan fingerprint density at radius 2 is 2.15 bits per heavy atom. The number of nitrogens with zero attached hydrogens (tertiary/aromatic N) is 2. The number of aromatic nitrogens is 2. The second kappa shape index (κ2) is 7.94. The lowest BCUT2D eigenvalue weighted by atomic mass is 9.89. The molecule has 0 saturated heterocycles. The molecular weight excluding hydrogens is 364 g/mol. The largest absolute Gasteiger partial charge is 0.491 e. The molecule has 0 spiro atoms. The van der Waals surface area contributed by atoms with Crippen LogP contribution in [0.15, 0.2) is 41.7 Å². The van der Waals surface area contributed by atoms with E-state index >= 15 is 0 Å². The van der Waals surface area contributed by atoms with Crippen LogP contribution in [0.3, 0.4) is 0 Å². The number of fused-ring (bicyclic) bond motifs is 3. The average Bonchev–Trinajstić information content (AvgIpc) is 3.03. The van der Waals surface area contributed by atoms with E-state index in [1.807, 2.05) is 41.7 Å². The molecule has 2 heterocycles. The van der Waals surface area contributed by atoms with Gasteiger partial charge in [-0.25, -0.2) is 9.97 Å². The van der Waals surface area contributed by atoms with Gasteiger partial charge in [0.15, 0.2) is 0 Å². The minimum atomic E-state index is -0.542. The molecule has 6 heteroatoms. The Kier molecular flexibility index (Phi) is 5.43. The number of thioether (sulfide) groups is 1. The van der Waals surface area contributed by atoms with Crippen molar-refractivity contribution < 1.29 is 9.84 Å². The zero-order valence-corrected chi connectivity index (χ0v) is 16.4. The molecule has 0 saturated carbocycles. The van der Waals surface area contributed by atoms with Crippen molar-refractivity contribution >= 4 is 33.3 Å². The molecule has 1 aliphatic rings. The molecule has 136 valence electrons. The predicted molar refractivity (Wildman–Crippen MR) is 107 cm³/mol. The van der Waals surface area contributed by atoms with Crippen molar-refractivity contribution in [3.05, 3.63) is 47.1 Å². The first-order valence-corrected chi connectivity index (χ1v) is 10.7. The lowest BCUT2D eigenvalue weighted by molar-refractivity contribution is 0.126. The molecular formula is C20H22N2O2S2. The molecule has 3 aromatic rings. The number of ether oxygens (including phenoxy) is 1. The molecule has 2 atom stereocenters. The fraction of sp³-hybridized carbons (Fsp3) is 0.400. The van der Waals surface area contributed by atoms with Gasteiger partial charge in [-0.05, 0) is 42.9 Å². The molecule has 0 aliphatic heterocycles. The molecule has 0 unspecified atom stereocenters. The first-order valence-electron chi connectivity index (χ1n) is 8.94. The number of hydrogen-bond acceptors (Lipinski definition) is 6. The van der Waals surface area contributed by atoms with Gasteiger partial charge in [-0.2, -0.15) is 0 Å². The second-order valence-electron chi connectivity index (χ2n) is 6.80. The smallest absolute Gasteiger partial charge is 0.128 e. The molecule has 0 bridgehead atoms. The highest BCUT2D eigenvalue weighted by Gasteiger charge is 2.23. The van der Waals surface area contributed by atoms with Crippen LogP contribution >= 0.6 is 23.1 Å². The highest BCUT2D eigenvalue weighted by atomic mass is 32.2. The van der Waals surface area contributed by atoms with E-state index in [4.69, 9.17) is 4.74 Å². The van der Waals surface area contributed by atoms with Gasteiger partial charge in [0.2, 0.25) is 0 Å². The second-order valence-corrected chi connectivity index (χ2v) is 8.89. The average molecular weight is 387 g/mol. The molecule has 1 N–H and O–H groups in total. The number of para-hydroxylation sites is 1. The van der Waals surface area contributed by atoms with Crippen LogP contribution in [0.2, 0.25) is 0 Å². The van der Waals surface area contributed by atoms with Crippen LogP contribution in [-0.2, 0) is 12.8 Å². The third kappa shape index (κ3) is 3.87. The quantitative estimate of drug-likeness (QED) is 0.504. The lowest BCUT2D eigenvalue weighted by Gasteiger charge is -2.18. The van der Waals surface area contributed by atoms with Crippen LogP contribution < -0.4 is 4.74 Å². The van der Waals surface area contributed by atoms with E-state index < -0.39 is 6.10 Å². The summed E-state index contributed by atoms with van der Waals surface area (Å²) in [7, 11) is 0. The summed E-state index contributed by atoms with van der Waals surface area (Å²) in [5.74, 6) is 2.08. The summed E-state index contributed by atoms with van der Waals surface area (Å²) in [6, 6.07) is 9.59. The first-order chi connectivity index (χ1) is 12.7. The summed E-state index contributed by atoms with van der Waals surface area (Å²) in [6.07, 6.45) is 4.58. The third-order valence-electron chi connectivity index (χ3n) is 4.65. The Labute approximate surface area is 161 Å². The van der Waals surface area contributed by atoms with Crippen LogP contribution in [0.1, 0.15) is 23.8 Å². The molecule has 4 rings (SSSR count). The van der Waals surface area contributed by atoms with Gasteiger partial charge in [-0.1, -0.05) is 25.1 Å². The number of aliphatic hydroxyl groups excluding tert-OH is 1. The number of hydrogen-bond donors (Lipinski definition) is 1. The van der Waals surface area contributed by atoms with E-state index in [1.165, 1.54) is 22.2 Å². The monoisotopic (exact) mass is 386 g/mol. The zero-order chi connectivity index (χ0) is 17.9. The number of thiophene rings is 1. The molecule has 4 nitrogen and oxygen atoms in total. The minimum Gasteiger partial charge on any atom is -0.491 e. The summed E-state index contributed by atoms with van der Waals surface area (Å²) in [6.45, 7) is 2.60. The Morgan fingerprint density at radius 3 is 3.00 bits per heavy atom. The standard InChI is InChI=1S/C20H22N2O2S2/c1-13-7-8-16-17(9-13)26-20-18(16)19(21-12-22-20)25-11-14(23)10-24-15-5-3-2-4-6-15/h2-6,12-14,23H,7-11H2,1H3/t13-,14+/m0/s1. The predicted octanol–water partition coefficient (Wildman–Crippen LogP) is 4.35. The van der Waals surface area contributed by atoms with E-state index in [9.17, 15) is 5.11 Å². The summed E-state index contributed by atoms with van der Waals surface area (Å²) in [4.78, 5) is 11.5. The molecule has 0 radical (unpaired) electrons. The maximum absolute atomic E-state index is 10.3. The molecule has 1 aliphatic carbocycles. The van der Waals surface area contributed by atoms with Gasteiger partial charge >= 0.3 is 0 Å². The highest BCUT2D eigenvalue weighted by Crippen LogP contribution is 2.40. The van der Waals surface area contributed by atoms with Crippen molar-refractivity contribution in [1.82, 2.24) is 9.97 Å². The van der Waals surface area contributed by atoms with Gasteiger partial charge in [0, 0.05) is 16.0 Å². The molecule has 1 aromatic carbocycles. The van der Waals surface area contributed by atoms with Crippen molar-refractivity contribution in [2.45, 2.75) is 37.3 Å². The van der Waals surface area contributed by atoms with E-state index in [2.05, 4.69) is 16.9 Å². The van der Waals surface area contributed by atoms with Gasteiger partial charge in [-0.15, -0.1) is 23.1 Å². The van der Waals surface area contributed by atoms with Crippen LogP contribution in [0.25, 0.3) is 10.2 Å². The van der Waals surface area contributed by atoms with Gasteiger partial charge in [0.05, 0.1) is 6.10 Å². The molecule has 2 aromatic heterocycles. The Hall–Kier alpha value is -1.63. The maximum Gasteiger partial charge on any atom is 0.128 e. The maximum atomic E-state index is 10.3. The van der Waals surface area contributed by atoms with Crippen molar-refractivity contribution in [2.24, 2.45) is 5.92 Å².